The van der Waals surface area contributed by atoms with Gasteiger partial charge in [-0.25, -0.2) is 0 Å². The van der Waals surface area contributed by atoms with Crippen LogP contribution in [0.1, 0.15) is 97.3 Å². The van der Waals surface area contributed by atoms with E-state index in [2.05, 4.69) is 13.8 Å². The van der Waals surface area contributed by atoms with Crippen molar-refractivity contribution in [3.8, 4) is 0 Å². The molecule has 4 nitrogen and oxygen atoms in total. The second kappa shape index (κ2) is 12.5. The van der Waals surface area contributed by atoms with Crippen LogP contribution in [-0.2, 0) is 9.59 Å². The molecule has 0 heterocycles. The van der Waals surface area contributed by atoms with Crippen molar-refractivity contribution >= 4 is 11.9 Å². The zero-order valence-electron chi connectivity index (χ0n) is 14.4. The van der Waals surface area contributed by atoms with Gasteiger partial charge in [-0.1, -0.05) is 65.2 Å². The molecule has 2 N–H and O–H groups in total. The molecule has 0 saturated carbocycles. The van der Waals surface area contributed by atoms with E-state index in [9.17, 15) is 14.7 Å². The quantitative estimate of drug-likeness (QED) is 0.405. The smallest absolute Gasteiger partial charge is 0.309 e. The first-order valence-electron chi connectivity index (χ1n) is 8.93. The summed E-state index contributed by atoms with van der Waals surface area (Å²) in [6.45, 7) is 4.28. The van der Waals surface area contributed by atoms with E-state index in [0.717, 1.165) is 51.4 Å². The molecule has 0 saturated heterocycles. The van der Waals surface area contributed by atoms with Gasteiger partial charge >= 0.3 is 11.9 Å². The maximum absolute atomic E-state index is 11.9. The van der Waals surface area contributed by atoms with E-state index in [-0.39, 0.29) is 6.42 Å². The van der Waals surface area contributed by atoms with Crippen LogP contribution in [0.2, 0.25) is 0 Å². The maximum atomic E-state index is 11.9. The first-order chi connectivity index (χ1) is 10.5. The number of rotatable bonds is 15. The summed E-state index contributed by atoms with van der Waals surface area (Å²) in [5.41, 5.74) is -0.711. The van der Waals surface area contributed by atoms with Crippen LogP contribution in [0.15, 0.2) is 0 Å². The van der Waals surface area contributed by atoms with Gasteiger partial charge in [0.25, 0.3) is 0 Å². The fraction of sp³-hybridized carbons (Fsp3) is 0.889. The third-order valence-electron chi connectivity index (χ3n) is 4.52. The Balaban J connectivity index is 4.61. The van der Waals surface area contributed by atoms with Crippen LogP contribution >= 0.6 is 0 Å². The number of unbranched alkanes of at least 4 members (excludes halogenated alkanes) is 6. The Kier molecular flexibility index (Phi) is 11.9. The maximum Gasteiger partial charge on any atom is 0.309 e. The number of hydrogen-bond acceptors (Lipinski definition) is 2. The SMILES string of the molecule is CCCCCCC(CCCCCC)(CCCC(=O)O)C(=O)O. The number of aliphatic carboxylic acids is 2. The normalized spacial score (nSPS) is 11.5. The zero-order valence-corrected chi connectivity index (χ0v) is 14.4. The average molecular weight is 314 g/mol. The summed E-state index contributed by atoms with van der Waals surface area (Å²) in [7, 11) is 0. The van der Waals surface area contributed by atoms with Crippen molar-refractivity contribution in [3.63, 3.8) is 0 Å². The first kappa shape index (κ1) is 20.9. The van der Waals surface area contributed by atoms with Crippen molar-refractivity contribution in [3.05, 3.63) is 0 Å². The molecular weight excluding hydrogens is 280 g/mol. The van der Waals surface area contributed by atoms with E-state index >= 15 is 0 Å². The highest BCUT2D eigenvalue weighted by Gasteiger charge is 2.36. The minimum atomic E-state index is -0.837. The fourth-order valence-corrected chi connectivity index (χ4v) is 3.05. The summed E-state index contributed by atoms with van der Waals surface area (Å²) in [6, 6.07) is 0. The first-order valence-corrected chi connectivity index (χ1v) is 8.93. The molecule has 0 unspecified atom stereocenters. The minimum absolute atomic E-state index is 0.0684. The Labute approximate surface area is 135 Å². The molecule has 0 fully saturated rings. The highest BCUT2D eigenvalue weighted by Crippen LogP contribution is 2.37. The monoisotopic (exact) mass is 314 g/mol. The lowest BCUT2D eigenvalue weighted by atomic mass is 9.74. The third kappa shape index (κ3) is 9.06. The summed E-state index contributed by atoms with van der Waals surface area (Å²) < 4.78 is 0. The molecule has 0 bridgehead atoms. The van der Waals surface area contributed by atoms with Gasteiger partial charge in [0.15, 0.2) is 0 Å². The molecule has 0 aromatic rings. The van der Waals surface area contributed by atoms with Gasteiger partial charge in [0, 0.05) is 6.42 Å². The fourth-order valence-electron chi connectivity index (χ4n) is 3.05. The highest BCUT2D eigenvalue weighted by atomic mass is 16.4. The molecular formula is C18H34O4. The molecule has 0 aliphatic rings. The average Bonchev–Trinajstić information content (AvgIpc) is 2.46. The number of carboxylic acids is 2. The highest BCUT2D eigenvalue weighted by molar-refractivity contribution is 5.74. The van der Waals surface area contributed by atoms with Gasteiger partial charge < -0.3 is 10.2 Å². The van der Waals surface area contributed by atoms with Crippen LogP contribution in [-0.4, -0.2) is 22.2 Å². The van der Waals surface area contributed by atoms with Crippen molar-refractivity contribution in [1.82, 2.24) is 0 Å². The second-order valence-electron chi connectivity index (χ2n) is 6.45. The summed E-state index contributed by atoms with van der Waals surface area (Å²) in [5.74, 6) is -1.57. The molecule has 0 aromatic carbocycles. The van der Waals surface area contributed by atoms with Crippen LogP contribution in [0.4, 0.5) is 0 Å². The van der Waals surface area contributed by atoms with Gasteiger partial charge in [-0.05, 0) is 25.7 Å². The summed E-state index contributed by atoms with van der Waals surface area (Å²) in [4.78, 5) is 22.6. The number of carboxylic acid groups (broad SMARTS) is 2. The van der Waals surface area contributed by atoms with Crippen molar-refractivity contribution in [2.24, 2.45) is 5.41 Å². The predicted octanol–water partition coefficient (Wildman–Crippen LogP) is 5.25. The van der Waals surface area contributed by atoms with Crippen molar-refractivity contribution in [1.29, 1.82) is 0 Å². The molecule has 0 radical (unpaired) electrons. The molecule has 0 aromatic heterocycles. The summed E-state index contributed by atoms with van der Waals surface area (Å²) >= 11 is 0. The lowest BCUT2D eigenvalue weighted by molar-refractivity contribution is -0.151. The molecule has 0 aliphatic heterocycles. The summed E-state index contributed by atoms with van der Waals surface area (Å²) in [6.07, 6.45) is 10.9. The van der Waals surface area contributed by atoms with Crippen molar-refractivity contribution < 1.29 is 19.8 Å². The lowest BCUT2D eigenvalue weighted by Gasteiger charge is -2.30. The van der Waals surface area contributed by atoms with Gasteiger partial charge in [-0.2, -0.15) is 0 Å². The molecule has 22 heavy (non-hydrogen) atoms. The Morgan fingerprint density at radius 3 is 1.55 bits per heavy atom. The number of hydrogen-bond donors (Lipinski definition) is 2. The molecule has 0 aliphatic carbocycles. The third-order valence-corrected chi connectivity index (χ3v) is 4.52. The van der Waals surface area contributed by atoms with Gasteiger partial charge in [0.2, 0.25) is 0 Å². The molecule has 0 atom stereocenters. The van der Waals surface area contributed by atoms with E-state index in [1.165, 1.54) is 0 Å². The molecule has 4 heteroatoms. The van der Waals surface area contributed by atoms with Crippen molar-refractivity contribution in [2.75, 3.05) is 0 Å². The Morgan fingerprint density at radius 2 is 1.18 bits per heavy atom. The number of carbonyl (C=O) groups is 2. The Hall–Kier alpha value is -1.06. The van der Waals surface area contributed by atoms with E-state index in [4.69, 9.17) is 5.11 Å². The molecule has 130 valence electrons. The largest absolute Gasteiger partial charge is 0.481 e. The molecule has 0 rings (SSSR count). The molecule has 0 spiro atoms. The van der Waals surface area contributed by atoms with Gasteiger partial charge in [-0.3, -0.25) is 9.59 Å². The second-order valence-corrected chi connectivity index (χ2v) is 6.45. The Morgan fingerprint density at radius 1 is 0.727 bits per heavy atom. The van der Waals surface area contributed by atoms with Crippen molar-refractivity contribution in [2.45, 2.75) is 97.3 Å². The van der Waals surface area contributed by atoms with E-state index < -0.39 is 17.4 Å². The lowest BCUT2D eigenvalue weighted by Crippen LogP contribution is -2.31. The van der Waals surface area contributed by atoms with Crippen LogP contribution in [0, 0.1) is 5.41 Å². The van der Waals surface area contributed by atoms with Crippen LogP contribution < -0.4 is 0 Å². The van der Waals surface area contributed by atoms with Crippen LogP contribution in [0.5, 0.6) is 0 Å². The molecule has 0 amide bonds. The van der Waals surface area contributed by atoms with Crippen LogP contribution in [0.3, 0.4) is 0 Å². The van der Waals surface area contributed by atoms with Gasteiger partial charge in [0.1, 0.15) is 0 Å². The van der Waals surface area contributed by atoms with E-state index in [1.807, 2.05) is 0 Å². The zero-order chi connectivity index (χ0) is 16.8. The standard InChI is InChI=1S/C18H34O4/c1-3-5-7-9-13-18(17(21)22,14-10-8-6-4-2)15-11-12-16(19)20/h3-15H2,1-2H3,(H,19,20)(H,21,22). The van der Waals surface area contributed by atoms with Crippen LogP contribution in [0.25, 0.3) is 0 Å². The van der Waals surface area contributed by atoms with Gasteiger partial charge in [-0.15, -0.1) is 0 Å². The predicted molar refractivity (Wildman–Crippen MR) is 89.1 cm³/mol. The Bertz CT molecular complexity index is 300. The van der Waals surface area contributed by atoms with Gasteiger partial charge in [0.05, 0.1) is 5.41 Å². The topological polar surface area (TPSA) is 74.6 Å². The summed E-state index contributed by atoms with van der Waals surface area (Å²) in [5, 5.41) is 18.5. The van der Waals surface area contributed by atoms with E-state index in [1.54, 1.807) is 0 Å². The van der Waals surface area contributed by atoms with E-state index in [0.29, 0.717) is 25.7 Å². The minimum Gasteiger partial charge on any atom is -0.481 e.